The number of benzene rings is 2. The number of ether oxygens (including phenoxy) is 4. The summed E-state index contributed by atoms with van der Waals surface area (Å²) in [5, 5.41) is 8.70. The Hall–Kier alpha value is -3.02. The molecule has 6 nitrogen and oxygen atoms in total. The van der Waals surface area contributed by atoms with Gasteiger partial charge in [0.1, 0.15) is 23.0 Å². The molecule has 0 aromatic heterocycles. The summed E-state index contributed by atoms with van der Waals surface area (Å²) < 4.78 is 21.3. The van der Waals surface area contributed by atoms with Crippen molar-refractivity contribution in [3.63, 3.8) is 0 Å². The summed E-state index contributed by atoms with van der Waals surface area (Å²) >= 11 is 0. The van der Waals surface area contributed by atoms with Crippen molar-refractivity contribution in [3.8, 4) is 23.0 Å². The molecule has 0 N–H and O–H groups in total. The summed E-state index contributed by atoms with van der Waals surface area (Å²) in [6, 6.07) is 11.2. The summed E-state index contributed by atoms with van der Waals surface area (Å²) in [6.07, 6.45) is 0. The van der Waals surface area contributed by atoms with Gasteiger partial charge in [-0.3, -0.25) is 0 Å². The summed E-state index contributed by atoms with van der Waals surface area (Å²) in [5.41, 5.74) is 3.17. The first-order valence-electron chi connectivity index (χ1n) is 8.07. The molecule has 0 aliphatic carbocycles. The van der Waals surface area contributed by atoms with Crippen LogP contribution in [-0.2, 0) is 0 Å². The third-order valence-corrected chi connectivity index (χ3v) is 3.95. The second-order valence-electron chi connectivity index (χ2n) is 5.50. The number of hydrogen-bond donors (Lipinski definition) is 0. The largest absolute Gasteiger partial charge is 0.497 e. The Morgan fingerprint density at radius 3 is 1.31 bits per heavy atom. The molecule has 6 heteroatoms. The first-order valence-corrected chi connectivity index (χ1v) is 8.07. The molecule has 0 saturated heterocycles. The predicted molar refractivity (Wildman–Crippen MR) is 104 cm³/mol. The third-order valence-electron chi connectivity index (χ3n) is 3.95. The van der Waals surface area contributed by atoms with Gasteiger partial charge in [-0.1, -0.05) is 0 Å². The molecule has 138 valence electrons. The molecule has 2 aromatic rings. The average molecular weight is 356 g/mol. The smallest absolute Gasteiger partial charge is 0.131 e. The lowest BCUT2D eigenvalue weighted by Crippen LogP contribution is -2.02. The first-order chi connectivity index (χ1) is 12.5. The molecule has 0 atom stereocenters. The Morgan fingerprint density at radius 1 is 0.615 bits per heavy atom. The van der Waals surface area contributed by atoms with Crippen LogP contribution in [0.1, 0.15) is 25.0 Å². The highest BCUT2D eigenvalue weighted by atomic mass is 16.5. The number of hydrogen-bond acceptors (Lipinski definition) is 6. The van der Waals surface area contributed by atoms with Gasteiger partial charge in [-0.2, -0.15) is 10.2 Å². The van der Waals surface area contributed by atoms with Crippen LogP contribution in [0.25, 0.3) is 0 Å². The molecule has 0 saturated carbocycles. The van der Waals surface area contributed by atoms with E-state index in [0.29, 0.717) is 11.5 Å². The predicted octanol–water partition coefficient (Wildman–Crippen LogP) is 3.95. The van der Waals surface area contributed by atoms with Crippen molar-refractivity contribution in [3.05, 3.63) is 47.5 Å². The maximum absolute atomic E-state index is 5.42. The molecular formula is C20H24N2O4. The highest BCUT2D eigenvalue weighted by Gasteiger charge is 2.10. The SMILES string of the molecule is COc1ccc(C(C)=NN=C(C)c2ccc(OC)cc2OC)c(OC)c1. The molecule has 2 rings (SSSR count). The topological polar surface area (TPSA) is 61.6 Å². The first kappa shape index (κ1) is 19.3. The summed E-state index contributed by atoms with van der Waals surface area (Å²) in [4.78, 5) is 0. The monoisotopic (exact) mass is 356 g/mol. The Morgan fingerprint density at radius 2 is 1.00 bits per heavy atom. The highest BCUT2D eigenvalue weighted by molar-refractivity contribution is 6.04. The van der Waals surface area contributed by atoms with Gasteiger partial charge in [-0.05, 0) is 38.1 Å². The molecular weight excluding hydrogens is 332 g/mol. The van der Waals surface area contributed by atoms with E-state index in [1.54, 1.807) is 28.4 Å². The fourth-order valence-corrected chi connectivity index (χ4v) is 2.45. The van der Waals surface area contributed by atoms with Crippen molar-refractivity contribution in [2.24, 2.45) is 10.2 Å². The van der Waals surface area contributed by atoms with Crippen LogP contribution in [0.3, 0.4) is 0 Å². The van der Waals surface area contributed by atoms with Gasteiger partial charge in [0.15, 0.2) is 0 Å². The van der Waals surface area contributed by atoms with E-state index >= 15 is 0 Å². The van der Waals surface area contributed by atoms with E-state index in [2.05, 4.69) is 10.2 Å². The van der Waals surface area contributed by atoms with Gasteiger partial charge in [0.05, 0.1) is 39.9 Å². The number of methoxy groups -OCH3 is 4. The molecule has 0 aliphatic heterocycles. The van der Waals surface area contributed by atoms with Crippen LogP contribution in [-0.4, -0.2) is 39.9 Å². The Kier molecular flexibility index (Phi) is 6.60. The minimum absolute atomic E-state index is 0.681. The Balaban J connectivity index is 2.35. The number of nitrogens with zero attached hydrogens (tertiary/aromatic N) is 2. The summed E-state index contributed by atoms with van der Waals surface area (Å²) in [7, 11) is 6.46. The van der Waals surface area contributed by atoms with Crippen molar-refractivity contribution in [1.82, 2.24) is 0 Å². The van der Waals surface area contributed by atoms with Crippen LogP contribution in [0.5, 0.6) is 23.0 Å². The second kappa shape index (κ2) is 8.89. The van der Waals surface area contributed by atoms with Crippen LogP contribution in [0.4, 0.5) is 0 Å². The van der Waals surface area contributed by atoms with Gasteiger partial charge in [-0.25, -0.2) is 0 Å². The van der Waals surface area contributed by atoms with E-state index in [-0.39, 0.29) is 0 Å². The van der Waals surface area contributed by atoms with Gasteiger partial charge in [0.25, 0.3) is 0 Å². The molecule has 0 fully saturated rings. The van der Waals surface area contributed by atoms with Gasteiger partial charge < -0.3 is 18.9 Å². The van der Waals surface area contributed by atoms with Crippen molar-refractivity contribution in [1.29, 1.82) is 0 Å². The van der Waals surface area contributed by atoms with Crippen LogP contribution in [0.15, 0.2) is 46.6 Å². The van der Waals surface area contributed by atoms with E-state index in [1.165, 1.54) is 0 Å². The zero-order chi connectivity index (χ0) is 19.1. The van der Waals surface area contributed by atoms with E-state index in [9.17, 15) is 0 Å². The van der Waals surface area contributed by atoms with Gasteiger partial charge in [0, 0.05) is 23.3 Å². The molecule has 0 amide bonds. The van der Waals surface area contributed by atoms with Crippen molar-refractivity contribution in [2.75, 3.05) is 28.4 Å². The van der Waals surface area contributed by atoms with E-state index in [1.807, 2.05) is 50.2 Å². The fraction of sp³-hybridized carbons (Fsp3) is 0.300. The van der Waals surface area contributed by atoms with Crippen molar-refractivity contribution < 1.29 is 18.9 Å². The van der Waals surface area contributed by atoms with Crippen molar-refractivity contribution >= 4 is 11.4 Å². The lowest BCUT2D eigenvalue weighted by molar-refractivity contribution is 0.393. The fourth-order valence-electron chi connectivity index (χ4n) is 2.45. The van der Waals surface area contributed by atoms with Gasteiger partial charge >= 0.3 is 0 Å². The zero-order valence-electron chi connectivity index (χ0n) is 16.0. The zero-order valence-corrected chi connectivity index (χ0v) is 16.0. The molecule has 0 radical (unpaired) electrons. The van der Waals surface area contributed by atoms with Crippen LogP contribution in [0, 0.1) is 0 Å². The Bertz CT molecular complexity index is 759. The van der Waals surface area contributed by atoms with E-state index < -0.39 is 0 Å². The van der Waals surface area contributed by atoms with Gasteiger partial charge in [0.2, 0.25) is 0 Å². The molecule has 0 aliphatic rings. The quantitative estimate of drug-likeness (QED) is 0.557. The summed E-state index contributed by atoms with van der Waals surface area (Å²) in [5.74, 6) is 2.81. The lowest BCUT2D eigenvalue weighted by atomic mass is 10.1. The van der Waals surface area contributed by atoms with Crippen molar-refractivity contribution in [2.45, 2.75) is 13.8 Å². The van der Waals surface area contributed by atoms with Crippen LogP contribution < -0.4 is 18.9 Å². The molecule has 0 bridgehead atoms. The van der Waals surface area contributed by atoms with E-state index in [0.717, 1.165) is 34.0 Å². The molecule has 0 unspecified atom stereocenters. The minimum Gasteiger partial charge on any atom is -0.497 e. The second-order valence-corrected chi connectivity index (χ2v) is 5.50. The number of rotatable bonds is 7. The standard InChI is InChI=1S/C20H24N2O4/c1-13(17-9-7-15(23-3)11-19(17)25-5)21-22-14(2)18-10-8-16(24-4)12-20(18)26-6/h7-12H,1-6H3. The highest BCUT2D eigenvalue weighted by Crippen LogP contribution is 2.26. The maximum Gasteiger partial charge on any atom is 0.131 e. The van der Waals surface area contributed by atoms with Gasteiger partial charge in [-0.15, -0.1) is 0 Å². The van der Waals surface area contributed by atoms with Crippen LogP contribution in [0.2, 0.25) is 0 Å². The molecule has 0 heterocycles. The maximum atomic E-state index is 5.42. The minimum atomic E-state index is 0.681. The third kappa shape index (κ3) is 4.33. The van der Waals surface area contributed by atoms with Crippen LogP contribution >= 0.6 is 0 Å². The normalized spacial score (nSPS) is 11.9. The summed E-state index contributed by atoms with van der Waals surface area (Å²) in [6.45, 7) is 3.76. The lowest BCUT2D eigenvalue weighted by Gasteiger charge is -2.10. The van der Waals surface area contributed by atoms with E-state index in [4.69, 9.17) is 18.9 Å². The molecule has 2 aromatic carbocycles. The molecule has 0 spiro atoms. The average Bonchev–Trinajstić information content (AvgIpc) is 2.70. The Labute approximate surface area is 154 Å². The molecule has 26 heavy (non-hydrogen) atoms.